The van der Waals surface area contributed by atoms with Crippen molar-refractivity contribution < 1.29 is 23.9 Å². The molecule has 1 aliphatic heterocycles. The third kappa shape index (κ3) is 6.11. The van der Waals surface area contributed by atoms with Crippen LogP contribution in [-0.4, -0.2) is 48.3 Å². The first-order valence-electron chi connectivity index (χ1n) is 13.5. The third-order valence-electron chi connectivity index (χ3n) is 8.20. The summed E-state index contributed by atoms with van der Waals surface area (Å²) in [5, 5.41) is 11.1. The van der Waals surface area contributed by atoms with Crippen LogP contribution in [-0.2, 0) is 14.3 Å². The summed E-state index contributed by atoms with van der Waals surface area (Å²) in [6.45, 7) is 4.37. The lowest BCUT2D eigenvalue weighted by atomic mass is 9.78. The molecule has 214 valence electrons. The second-order valence-corrected chi connectivity index (χ2v) is 11.2. The number of hydrogen-bond acceptors (Lipinski definition) is 4. The highest BCUT2D eigenvalue weighted by atomic mass is 35.5. The number of benzene rings is 3. The number of ether oxygens (including phenoxy) is 1. The van der Waals surface area contributed by atoms with Crippen LogP contribution in [0.5, 0.6) is 0 Å². The number of nitrogens with two attached hydrogens (primary N) is 1. The normalized spacial score (nSPS) is 19.0. The van der Waals surface area contributed by atoms with Gasteiger partial charge in [0.2, 0.25) is 0 Å². The van der Waals surface area contributed by atoms with Crippen molar-refractivity contribution in [3.63, 3.8) is 0 Å². The lowest BCUT2D eigenvalue weighted by Crippen LogP contribution is -2.48. The van der Waals surface area contributed by atoms with Crippen molar-refractivity contribution in [3.8, 4) is 0 Å². The van der Waals surface area contributed by atoms with Gasteiger partial charge < -0.3 is 15.6 Å². The maximum Gasteiger partial charge on any atom is 0.340 e. The molecule has 0 aromatic heterocycles. The Kier molecular flexibility index (Phi) is 9.72. The minimum absolute atomic E-state index is 0.00448. The highest BCUT2D eigenvalue weighted by Crippen LogP contribution is 2.48. The zero-order valence-electron chi connectivity index (χ0n) is 23.4. The highest BCUT2D eigenvalue weighted by molar-refractivity contribution is 6.42. The lowest BCUT2D eigenvalue weighted by Gasteiger charge is -2.43. The van der Waals surface area contributed by atoms with Crippen LogP contribution in [0, 0.1) is 0 Å². The van der Waals surface area contributed by atoms with Crippen molar-refractivity contribution in [3.05, 3.63) is 128 Å². The van der Waals surface area contributed by atoms with Crippen LogP contribution in [0.3, 0.4) is 0 Å². The number of carboxylic acid groups (broad SMARTS) is 1. The molecule has 3 aromatic carbocycles. The van der Waals surface area contributed by atoms with Gasteiger partial charge in [-0.3, -0.25) is 4.48 Å². The molecule has 0 amide bonds. The first-order valence-corrected chi connectivity index (χ1v) is 14.3. The van der Waals surface area contributed by atoms with Gasteiger partial charge in [-0.25, -0.2) is 9.59 Å². The second kappa shape index (κ2) is 13.0. The summed E-state index contributed by atoms with van der Waals surface area (Å²) in [6, 6.07) is 25.5. The SMILES string of the molecule is CC1=C(C(=O)O)C(c2cccc(Cl)c2Cl)C(C(=O)OCCN)=C(C)[N+]1(C)CCC(c1ccccc1)c1ccccc1. The standard InChI is InChI=1S/C33H34Cl2N2O4/c1-21-28(32(38)39)30(26-15-10-16-27(34)31(26)35)29(33(40)41-20-18-36)22(2)37(21,3)19-17-25(23-11-6-4-7-12-23)24-13-8-5-9-14-24/h4-16,25,30H,17-20,36H2,1-3H3/p+1. The largest absolute Gasteiger partial charge is 0.478 e. The number of aliphatic carboxylic acids is 1. The Morgan fingerprint density at radius 2 is 1.46 bits per heavy atom. The molecular formula is C33H35Cl2N2O4+. The molecule has 6 nitrogen and oxygen atoms in total. The van der Waals surface area contributed by atoms with E-state index in [9.17, 15) is 14.7 Å². The monoisotopic (exact) mass is 593 g/mol. The van der Waals surface area contributed by atoms with E-state index in [2.05, 4.69) is 24.3 Å². The van der Waals surface area contributed by atoms with E-state index in [1.54, 1.807) is 18.2 Å². The van der Waals surface area contributed by atoms with Gasteiger partial charge >= 0.3 is 11.9 Å². The molecule has 0 aliphatic carbocycles. The Morgan fingerprint density at radius 1 is 0.902 bits per heavy atom. The molecule has 0 radical (unpaired) electrons. The quantitative estimate of drug-likeness (QED) is 0.197. The van der Waals surface area contributed by atoms with Gasteiger partial charge in [-0.2, -0.15) is 0 Å². The van der Waals surface area contributed by atoms with E-state index in [1.807, 2.05) is 57.3 Å². The molecule has 0 bridgehead atoms. The number of esters is 1. The number of carbonyl (C=O) groups is 2. The number of quaternary nitrogens is 1. The van der Waals surface area contributed by atoms with E-state index in [4.69, 9.17) is 33.7 Å². The molecule has 41 heavy (non-hydrogen) atoms. The fourth-order valence-electron chi connectivity index (χ4n) is 5.79. The Labute approximate surface area is 251 Å². The van der Waals surface area contributed by atoms with Gasteiger partial charge in [-0.05, 0) is 22.8 Å². The van der Waals surface area contributed by atoms with E-state index < -0.39 is 17.9 Å². The summed E-state index contributed by atoms with van der Waals surface area (Å²) in [4.78, 5) is 26.6. The Hall–Kier alpha value is -3.42. The average molecular weight is 595 g/mol. The van der Waals surface area contributed by atoms with E-state index in [-0.39, 0.29) is 44.7 Å². The van der Waals surface area contributed by atoms with Gasteiger partial charge in [0.05, 0.1) is 29.6 Å². The third-order valence-corrected chi connectivity index (χ3v) is 9.03. The van der Waals surface area contributed by atoms with Gasteiger partial charge in [-0.1, -0.05) is 96.0 Å². The Balaban J connectivity index is 1.87. The number of halogens is 2. The second-order valence-electron chi connectivity index (χ2n) is 10.4. The van der Waals surface area contributed by atoms with Crippen LogP contribution >= 0.6 is 23.2 Å². The summed E-state index contributed by atoms with van der Waals surface area (Å²) in [7, 11) is 1.95. The topological polar surface area (TPSA) is 89.6 Å². The lowest BCUT2D eigenvalue weighted by molar-refractivity contribution is -0.836. The molecule has 4 rings (SSSR count). The number of rotatable bonds is 10. The molecule has 1 aliphatic rings. The van der Waals surface area contributed by atoms with Gasteiger partial charge in [-0.15, -0.1) is 0 Å². The average Bonchev–Trinajstić information content (AvgIpc) is 2.97. The molecule has 0 fully saturated rings. The summed E-state index contributed by atoms with van der Waals surface area (Å²) >= 11 is 13.0. The van der Waals surface area contributed by atoms with Crippen LogP contribution in [0.1, 0.15) is 48.8 Å². The zero-order chi connectivity index (χ0) is 29.7. The van der Waals surface area contributed by atoms with Crippen LogP contribution < -0.4 is 5.73 Å². The maximum absolute atomic E-state index is 13.7. The number of allylic oxidation sites excluding steroid dienone is 2. The minimum atomic E-state index is -1.13. The Morgan fingerprint density at radius 3 is 2.00 bits per heavy atom. The summed E-state index contributed by atoms with van der Waals surface area (Å²) in [5.74, 6) is -2.65. The summed E-state index contributed by atoms with van der Waals surface area (Å²) in [5.41, 5.74) is 10.0. The fourth-order valence-corrected chi connectivity index (χ4v) is 6.21. The molecule has 2 atom stereocenters. The summed E-state index contributed by atoms with van der Waals surface area (Å²) < 4.78 is 5.66. The predicted molar refractivity (Wildman–Crippen MR) is 163 cm³/mol. The predicted octanol–water partition coefficient (Wildman–Crippen LogP) is 6.89. The van der Waals surface area contributed by atoms with Crippen LogP contribution in [0.2, 0.25) is 10.0 Å². The number of nitrogens with zero attached hydrogens (tertiary/aromatic N) is 1. The van der Waals surface area contributed by atoms with E-state index in [1.165, 1.54) is 0 Å². The van der Waals surface area contributed by atoms with Crippen molar-refractivity contribution in [2.75, 3.05) is 26.7 Å². The van der Waals surface area contributed by atoms with Crippen LogP contribution in [0.15, 0.2) is 101 Å². The van der Waals surface area contributed by atoms with Crippen molar-refractivity contribution in [1.82, 2.24) is 0 Å². The van der Waals surface area contributed by atoms with Crippen molar-refractivity contribution >= 4 is 35.1 Å². The maximum atomic E-state index is 13.7. The smallest absolute Gasteiger partial charge is 0.340 e. The van der Waals surface area contributed by atoms with Crippen molar-refractivity contribution in [1.29, 1.82) is 0 Å². The van der Waals surface area contributed by atoms with E-state index in [0.717, 1.165) is 11.1 Å². The van der Waals surface area contributed by atoms with Gasteiger partial charge in [0.15, 0.2) is 0 Å². The molecule has 8 heteroatoms. The molecule has 1 heterocycles. The fraction of sp³-hybridized carbons (Fsp3) is 0.273. The first-order chi connectivity index (χ1) is 19.6. The molecule has 2 unspecified atom stereocenters. The minimum Gasteiger partial charge on any atom is -0.478 e. The molecule has 3 aromatic rings. The van der Waals surface area contributed by atoms with Crippen LogP contribution in [0.25, 0.3) is 0 Å². The molecule has 3 N–H and O–H groups in total. The number of hydrogen-bond donors (Lipinski definition) is 2. The van der Waals surface area contributed by atoms with E-state index in [0.29, 0.717) is 29.9 Å². The number of carbonyl (C=O) groups excluding carboxylic acids is 1. The first kappa shape index (κ1) is 30.5. The van der Waals surface area contributed by atoms with E-state index >= 15 is 0 Å². The molecular weight excluding hydrogens is 559 g/mol. The van der Waals surface area contributed by atoms with Crippen LogP contribution in [0.4, 0.5) is 0 Å². The summed E-state index contributed by atoms with van der Waals surface area (Å²) in [6.07, 6.45) is 0.694. The zero-order valence-corrected chi connectivity index (χ0v) is 25.0. The molecule has 0 spiro atoms. The molecule has 0 saturated carbocycles. The highest BCUT2D eigenvalue weighted by Gasteiger charge is 2.48. The molecule has 0 saturated heterocycles. The van der Waals surface area contributed by atoms with Gasteiger partial charge in [0, 0.05) is 32.7 Å². The number of carboxylic acids is 1. The van der Waals surface area contributed by atoms with Crippen molar-refractivity contribution in [2.24, 2.45) is 5.73 Å². The van der Waals surface area contributed by atoms with Crippen molar-refractivity contribution in [2.45, 2.75) is 32.1 Å². The Bertz CT molecular complexity index is 1450. The van der Waals surface area contributed by atoms with Gasteiger partial charge in [0.1, 0.15) is 29.1 Å². The van der Waals surface area contributed by atoms with Gasteiger partial charge in [0.25, 0.3) is 0 Å².